The second kappa shape index (κ2) is 10.4. The predicted octanol–water partition coefficient (Wildman–Crippen LogP) is 4.55. The number of hydrogen-bond donors (Lipinski definition) is 3. The first-order valence-corrected chi connectivity index (χ1v) is 11.6. The third-order valence-corrected chi connectivity index (χ3v) is 6.16. The maximum absolute atomic E-state index is 14.7. The summed E-state index contributed by atoms with van der Waals surface area (Å²) in [5.74, 6) is -1.29. The van der Waals surface area contributed by atoms with Crippen molar-refractivity contribution in [2.24, 2.45) is 12.0 Å². The molecule has 2 aromatic heterocycles. The molecule has 0 aliphatic heterocycles. The monoisotopic (exact) mass is 501 g/mol. The van der Waals surface area contributed by atoms with Crippen LogP contribution >= 0.6 is 11.6 Å². The first-order chi connectivity index (χ1) is 16.7. The number of carbonyl (C=O) groups excluding carboxylic acids is 1. The van der Waals surface area contributed by atoms with E-state index in [2.05, 4.69) is 37.3 Å². The van der Waals surface area contributed by atoms with Crippen LogP contribution in [0.4, 0.5) is 8.78 Å². The number of aryl methyl sites for hydroxylation is 1. The quantitative estimate of drug-likeness (QED) is 0.326. The average molecular weight is 502 g/mol. The Hall–Kier alpha value is -3.53. The summed E-state index contributed by atoms with van der Waals surface area (Å²) in [6, 6.07) is 2.73. The Kier molecular flexibility index (Phi) is 7.30. The number of halogens is 3. The van der Waals surface area contributed by atoms with E-state index in [-0.39, 0.29) is 34.5 Å². The van der Waals surface area contributed by atoms with Crippen LogP contribution < -0.4 is 10.6 Å². The van der Waals surface area contributed by atoms with E-state index in [4.69, 9.17) is 11.6 Å². The van der Waals surface area contributed by atoms with Crippen molar-refractivity contribution in [3.8, 4) is 0 Å². The fourth-order valence-corrected chi connectivity index (χ4v) is 4.42. The van der Waals surface area contributed by atoms with Crippen LogP contribution in [0.2, 0.25) is 5.02 Å². The first-order valence-electron chi connectivity index (χ1n) is 11.2. The Morgan fingerprint density at radius 3 is 2.80 bits per heavy atom. The summed E-state index contributed by atoms with van der Waals surface area (Å²) in [6.45, 7) is 5.49. The van der Waals surface area contributed by atoms with Crippen molar-refractivity contribution in [3.63, 3.8) is 0 Å². The summed E-state index contributed by atoms with van der Waals surface area (Å²) in [5, 5.41) is 10.9. The van der Waals surface area contributed by atoms with E-state index in [1.807, 2.05) is 0 Å². The van der Waals surface area contributed by atoms with Crippen LogP contribution in [-0.2, 0) is 7.05 Å². The predicted molar refractivity (Wildman–Crippen MR) is 131 cm³/mol. The van der Waals surface area contributed by atoms with Crippen molar-refractivity contribution < 1.29 is 13.6 Å². The molecule has 1 aromatic carbocycles. The van der Waals surface area contributed by atoms with Gasteiger partial charge in [-0.05, 0) is 44.7 Å². The van der Waals surface area contributed by atoms with Gasteiger partial charge < -0.3 is 15.6 Å². The van der Waals surface area contributed by atoms with Crippen LogP contribution in [0.1, 0.15) is 48.8 Å². The molecule has 1 saturated carbocycles. The third-order valence-electron chi connectivity index (χ3n) is 5.95. The van der Waals surface area contributed by atoms with Gasteiger partial charge >= 0.3 is 0 Å². The summed E-state index contributed by atoms with van der Waals surface area (Å²) >= 11 is 5.97. The van der Waals surface area contributed by atoms with Crippen LogP contribution in [0.15, 0.2) is 54.0 Å². The van der Waals surface area contributed by atoms with Crippen LogP contribution in [-0.4, -0.2) is 43.5 Å². The number of fused-ring (bicyclic) bond motifs is 1. The highest BCUT2D eigenvalue weighted by molar-refractivity contribution is 6.31. The number of H-pyrrole nitrogens is 1. The summed E-state index contributed by atoms with van der Waals surface area (Å²) in [5.41, 5.74) is 1.53. The number of nitrogens with zero attached hydrogens (tertiary/aromatic N) is 4. The van der Waals surface area contributed by atoms with E-state index in [1.165, 1.54) is 17.1 Å². The second-order valence-corrected chi connectivity index (χ2v) is 9.04. The highest BCUT2D eigenvalue weighted by atomic mass is 35.5. The van der Waals surface area contributed by atoms with Gasteiger partial charge in [-0.15, -0.1) is 5.10 Å². The van der Waals surface area contributed by atoms with Crippen molar-refractivity contribution in [2.75, 3.05) is 0 Å². The van der Waals surface area contributed by atoms with E-state index in [0.29, 0.717) is 28.6 Å². The number of aromatic nitrogens is 4. The smallest absolute Gasteiger partial charge is 0.291 e. The van der Waals surface area contributed by atoms with Gasteiger partial charge in [0.25, 0.3) is 5.91 Å². The molecule has 3 N–H and O–H groups in total. The molecule has 1 amide bonds. The van der Waals surface area contributed by atoms with Gasteiger partial charge in [-0.2, -0.15) is 0 Å². The lowest BCUT2D eigenvalue weighted by Crippen LogP contribution is -2.44. The lowest BCUT2D eigenvalue weighted by molar-refractivity contribution is 0.0913. The van der Waals surface area contributed by atoms with Crippen molar-refractivity contribution in [3.05, 3.63) is 71.2 Å². The van der Waals surface area contributed by atoms with Crippen molar-refractivity contribution >= 4 is 34.1 Å². The van der Waals surface area contributed by atoms with Crippen molar-refractivity contribution in [2.45, 2.75) is 44.7 Å². The summed E-state index contributed by atoms with van der Waals surface area (Å²) in [4.78, 5) is 23.4. The Morgan fingerprint density at radius 1 is 1.34 bits per heavy atom. The largest absolute Gasteiger partial charge is 0.380 e. The molecule has 184 valence electrons. The van der Waals surface area contributed by atoms with E-state index >= 15 is 0 Å². The number of amides is 1. The Morgan fingerprint density at radius 2 is 2.09 bits per heavy atom. The van der Waals surface area contributed by atoms with Crippen LogP contribution in [0, 0.1) is 5.82 Å². The fraction of sp³-hybridized carbons (Fsp3) is 0.333. The molecule has 4 rings (SSSR count). The molecular weight excluding hydrogens is 476 g/mol. The van der Waals surface area contributed by atoms with Gasteiger partial charge in [-0.3, -0.25) is 14.5 Å². The lowest BCUT2D eigenvalue weighted by atomic mass is 9.90. The standard InChI is InChI=1S/C24H26ClF2N7O/c1-13(19-10-29-22-18(19)7-15(25)8-20(22)26)28-11-21(27)14(2)31-16-5-4-6-17(9-16)32-24(35)23-30-12-34(3)33-23/h7-8,10-12,16-17,29,31H,2,4-6,9H2,1,3H3,(H,32,35)/b21-11+,28-13?/t16-,17+/m0/s1. The summed E-state index contributed by atoms with van der Waals surface area (Å²) < 4.78 is 30.3. The minimum atomic E-state index is -0.614. The molecule has 1 aliphatic carbocycles. The molecule has 8 nitrogen and oxygen atoms in total. The highest BCUT2D eigenvalue weighted by Crippen LogP contribution is 2.26. The van der Waals surface area contributed by atoms with Gasteiger partial charge in [0.15, 0.2) is 5.83 Å². The maximum atomic E-state index is 14.7. The zero-order valence-electron chi connectivity index (χ0n) is 19.4. The van der Waals surface area contributed by atoms with E-state index in [1.54, 1.807) is 26.2 Å². The molecule has 0 unspecified atom stereocenters. The molecule has 3 aromatic rings. The number of aliphatic imine (C=N–C) groups is 1. The minimum absolute atomic E-state index is 0.0544. The number of allylic oxidation sites excluding steroid dienone is 1. The Labute approximate surface area is 206 Å². The van der Waals surface area contributed by atoms with Gasteiger partial charge in [-0.1, -0.05) is 18.2 Å². The molecule has 11 heteroatoms. The van der Waals surface area contributed by atoms with Crippen molar-refractivity contribution in [1.82, 2.24) is 30.4 Å². The normalized spacial score (nSPS) is 19.1. The number of carbonyl (C=O) groups is 1. The Balaban J connectivity index is 1.37. The lowest BCUT2D eigenvalue weighted by Gasteiger charge is -2.31. The highest BCUT2D eigenvalue weighted by Gasteiger charge is 2.25. The molecule has 0 spiro atoms. The summed E-state index contributed by atoms with van der Waals surface area (Å²) in [7, 11) is 1.69. The topological polar surface area (TPSA) is 100.0 Å². The number of aromatic amines is 1. The molecule has 35 heavy (non-hydrogen) atoms. The molecule has 2 atom stereocenters. The van der Waals surface area contributed by atoms with Crippen LogP contribution in [0.5, 0.6) is 0 Å². The van der Waals surface area contributed by atoms with E-state index in [9.17, 15) is 13.6 Å². The van der Waals surface area contributed by atoms with Crippen molar-refractivity contribution in [1.29, 1.82) is 0 Å². The number of benzene rings is 1. The molecular formula is C24H26ClF2N7O. The SMILES string of the molecule is C=C(N[C@H]1CCC[C@@H](NC(=O)c2ncn(C)n2)C1)/C(F)=C\N=C(C)c1c[nH]c2c(F)cc(Cl)cc12. The molecule has 0 saturated heterocycles. The molecule has 2 heterocycles. The average Bonchev–Trinajstić information content (AvgIpc) is 3.44. The van der Waals surface area contributed by atoms with Gasteiger partial charge in [-0.25, -0.2) is 13.8 Å². The number of nitrogens with one attached hydrogen (secondary N) is 3. The van der Waals surface area contributed by atoms with Gasteiger partial charge in [0.2, 0.25) is 5.82 Å². The first kappa shape index (κ1) is 24.6. The third kappa shape index (κ3) is 5.76. The van der Waals surface area contributed by atoms with Gasteiger partial charge in [0.05, 0.1) is 17.4 Å². The number of hydrogen-bond acceptors (Lipinski definition) is 5. The number of rotatable bonds is 7. The fourth-order valence-electron chi connectivity index (χ4n) is 4.22. The van der Waals surface area contributed by atoms with Gasteiger partial charge in [0.1, 0.15) is 12.1 Å². The zero-order chi connectivity index (χ0) is 25.1. The van der Waals surface area contributed by atoms with E-state index < -0.39 is 11.6 Å². The zero-order valence-corrected chi connectivity index (χ0v) is 20.2. The molecule has 0 bridgehead atoms. The molecule has 1 aliphatic rings. The van der Waals surface area contributed by atoms with Crippen LogP contribution in [0.25, 0.3) is 10.9 Å². The molecule has 0 radical (unpaired) electrons. The van der Waals surface area contributed by atoms with Crippen LogP contribution in [0.3, 0.4) is 0 Å². The minimum Gasteiger partial charge on any atom is -0.380 e. The van der Waals surface area contributed by atoms with Gasteiger partial charge in [0, 0.05) is 47.0 Å². The molecule has 1 fully saturated rings. The second-order valence-electron chi connectivity index (χ2n) is 8.60. The Bertz CT molecular complexity index is 1330. The van der Waals surface area contributed by atoms with E-state index in [0.717, 1.165) is 25.5 Å². The maximum Gasteiger partial charge on any atom is 0.291 e. The summed E-state index contributed by atoms with van der Waals surface area (Å²) in [6.07, 6.45) is 7.29.